The molecule has 1 aliphatic heterocycles. The second-order valence-corrected chi connectivity index (χ2v) is 11.5. The lowest BCUT2D eigenvalue weighted by Crippen LogP contribution is -2.42. The van der Waals surface area contributed by atoms with Gasteiger partial charge in [-0.2, -0.15) is 4.31 Å². The monoisotopic (exact) mass is 589 g/mol. The van der Waals surface area contributed by atoms with E-state index in [1.54, 1.807) is 54.6 Å². The molecule has 1 N–H and O–H groups in total. The van der Waals surface area contributed by atoms with Crippen LogP contribution in [0.2, 0.25) is 0 Å². The molecule has 0 saturated heterocycles. The molecular formula is C25H21Br2NO4S. The Balaban J connectivity index is 1.97. The predicted molar refractivity (Wildman–Crippen MR) is 134 cm³/mol. The molecule has 0 spiro atoms. The Morgan fingerprint density at radius 3 is 2.21 bits per heavy atom. The number of hydrogen-bond donors (Lipinski definition) is 1. The average molecular weight is 591 g/mol. The maximum atomic E-state index is 14.1. The smallest absolute Gasteiger partial charge is 0.333 e. The van der Waals surface area contributed by atoms with E-state index in [0.717, 1.165) is 20.1 Å². The fourth-order valence-corrected chi connectivity index (χ4v) is 6.54. The second-order valence-electron chi connectivity index (χ2n) is 7.87. The summed E-state index contributed by atoms with van der Waals surface area (Å²) in [4.78, 5) is 12.4. The van der Waals surface area contributed by atoms with Crippen LogP contribution in [0.5, 0.6) is 0 Å². The number of benzene rings is 3. The second kappa shape index (κ2) is 9.54. The lowest BCUT2D eigenvalue weighted by molar-refractivity contribution is -0.133. The van der Waals surface area contributed by atoms with Crippen molar-refractivity contribution >= 4 is 47.9 Å². The zero-order valence-corrected chi connectivity index (χ0v) is 21.6. The first kappa shape index (κ1) is 23.9. The van der Waals surface area contributed by atoms with Gasteiger partial charge in [-0.15, -0.1) is 0 Å². The highest BCUT2D eigenvalue weighted by molar-refractivity contribution is 9.10. The largest absolute Gasteiger partial charge is 0.478 e. The molecule has 3 aromatic rings. The van der Waals surface area contributed by atoms with Crippen LogP contribution in [0.4, 0.5) is 0 Å². The number of carbonyl (C=O) groups is 1. The van der Waals surface area contributed by atoms with Crippen molar-refractivity contribution in [3.8, 4) is 0 Å². The molecule has 33 heavy (non-hydrogen) atoms. The summed E-state index contributed by atoms with van der Waals surface area (Å²) in [5, 5.41) is 10.0. The fourth-order valence-electron chi connectivity index (χ4n) is 4.08. The van der Waals surface area contributed by atoms with E-state index < -0.39 is 28.1 Å². The van der Waals surface area contributed by atoms with Crippen LogP contribution in [0, 0.1) is 6.92 Å². The summed E-state index contributed by atoms with van der Waals surface area (Å²) in [6.07, 6.45) is 1.89. The number of aliphatic carboxylic acids is 1. The molecule has 0 bridgehead atoms. The van der Waals surface area contributed by atoms with Crippen molar-refractivity contribution in [2.75, 3.05) is 0 Å². The van der Waals surface area contributed by atoms with Crippen LogP contribution < -0.4 is 0 Å². The van der Waals surface area contributed by atoms with E-state index >= 15 is 0 Å². The highest BCUT2D eigenvalue weighted by atomic mass is 79.9. The lowest BCUT2D eigenvalue weighted by Gasteiger charge is -2.40. The first-order chi connectivity index (χ1) is 15.7. The lowest BCUT2D eigenvalue weighted by atomic mass is 9.89. The van der Waals surface area contributed by atoms with Crippen LogP contribution in [-0.4, -0.2) is 23.8 Å². The maximum Gasteiger partial charge on any atom is 0.333 e. The molecule has 3 aromatic carbocycles. The maximum absolute atomic E-state index is 14.1. The summed E-state index contributed by atoms with van der Waals surface area (Å²) in [5.74, 6) is -1.14. The van der Waals surface area contributed by atoms with E-state index in [9.17, 15) is 18.3 Å². The minimum atomic E-state index is -4.06. The van der Waals surface area contributed by atoms with Gasteiger partial charge in [0.2, 0.25) is 10.0 Å². The summed E-state index contributed by atoms with van der Waals surface area (Å²) in [7, 11) is -4.06. The number of rotatable bonds is 5. The van der Waals surface area contributed by atoms with Crippen molar-refractivity contribution in [2.45, 2.75) is 30.3 Å². The first-order valence-corrected chi connectivity index (χ1v) is 13.3. The van der Waals surface area contributed by atoms with Gasteiger partial charge in [0.1, 0.15) is 0 Å². The van der Waals surface area contributed by atoms with Crippen molar-refractivity contribution in [3.05, 3.63) is 110 Å². The molecule has 1 heterocycles. The van der Waals surface area contributed by atoms with Crippen LogP contribution in [-0.2, 0) is 14.8 Å². The molecule has 0 radical (unpaired) electrons. The molecule has 0 fully saturated rings. The Morgan fingerprint density at radius 2 is 1.61 bits per heavy atom. The van der Waals surface area contributed by atoms with Crippen LogP contribution in [0.1, 0.15) is 35.2 Å². The van der Waals surface area contributed by atoms with E-state index in [0.29, 0.717) is 5.56 Å². The number of hydrogen-bond acceptors (Lipinski definition) is 3. The third-order valence-corrected chi connectivity index (χ3v) is 8.59. The Bertz CT molecular complexity index is 1320. The quantitative estimate of drug-likeness (QED) is 0.373. The Hall–Kier alpha value is -2.26. The highest BCUT2D eigenvalue weighted by Gasteiger charge is 2.44. The van der Waals surface area contributed by atoms with Crippen molar-refractivity contribution in [1.82, 2.24) is 4.31 Å². The van der Waals surface area contributed by atoms with Gasteiger partial charge in [-0.25, -0.2) is 13.2 Å². The number of halogens is 2. The summed E-state index contributed by atoms with van der Waals surface area (Å²) in [5.41, 5.74) is 2.34. The molecule has 5 nitrogen and oxygen atoms in total. The Morgan fingerprint density at radius 1 is 0.939 bits per heavy atom. The summed E-state index contributed by atoms with van der Waals surface area (Å²) in [6, 6.07) is 19.6. The van der Waals surface area contributed by atoms with Gasteiger partial charge in [-0.3, -0.25) is 0 Å². The molecular weight excluding hydrogens is 570 g/mol. The van der Waals surface area contributed by atoms with Crippen molar-refractivity contribution in [3.63, 3.8) is 0 Å². The third-order valence-electron chi connectivity index (χ3n) is 5.68. The van der Waals surface area contributed by atoms with Gasteiger partial charge in [-0.05, 0) is 60.9 Å². The number of sulfonamides is 1. The number of carboxylic acids is 1. The molecule has 1 aliphatic rings. The molecule has 170 valence electrons. The topological polar surface area (TPSA) is 74.7 Å². The zero-order valence-electron chi connectivity index (χ0n) is 17.7. The summed E-state index contributed by atoms with van der Waals surface area (Å²) in [6.45, 7) is 1.89. The van der Waals surface area contributed by atoms with Gasteiger partial charge in [-0.1, -0.05) is 79.9 Å². The molecule has 0 aliphatic carbocycles. The van der Waals surface area contributed by atoms with Gasteiger partial charge in [0.05, 0.1) is 22.6 Å². The molecule has 2 atom stereocenters. The Kier molecular flexibility index (Phi) is 6.91. The van der Waals surface area contributed by atoms with E-state index in [4.69, 9.17) is 0 Å². The molecule has 0 amide bonds. The average Bonchev–Trinajstić information content (AvgIpc) is 2.79. The van der Waals surface area contributed by atoms with E-state index in [-0.39, 0.29) is 16.9 Å². The van der Waals surface area contributed by atoms with Gasteiger partial charge in [0.25, 0.3) is 0 Å². The number of aryl methyl sites for hydroxylation is 1. The molecule has 4 rings (SSSR count). The van der Waals surface area contributed by atoms with Crippen molar-refractivity contribution in [2.24, 2.45) is 0 Å². The molecule has 0 aromatic heterocycles. The van der Waals surface area contributed by atoms with Gasteiger partial charge < -0.3 is 5.11 Å². The third kappa shape index (κ3) is 4.84. The van der Waals surface area contributed by atoms with E-state index in [1.807, 2.05) is 31.2 Å². The highest BCUT2D eigenvalue weighted by Crippen LogP contribution is 2.46. The SMILES string of the molecule is Cc1ccc(S(=O)(=O)N2[C@@H](c3ccc(Br)cc3)C(C(=O)O)=CC[C@H]2c2cccc(Br)c2)cc1. The zero-order chi connectivity index (χ0) is 23.8. The van der Waals surface area contributed by atoms with Crippen molar-refractivity contribution in [1.29, 1.82) is 0 Å². The minimum Gasteiger partial charge on any atom is -0.478 e. The van der Waals surface area contributed by atoms with Crippen LogP contribution in [0.15, 0.2) is 98.3 Å². The van der Waals surface area contributed by atoms with E-state index in [2.05, 4.69) is 31.9 Å². The summed E-state index contributed by atoms with van der Waals surface area (Å²) >= 11 is 6.87. The minimum absolute atomic E-state index is 0.0410. The predicted octanol–water partition coefficient (Wildman–Crippen LogP) is 6.41. The molecule has 0 unspecified atom stereocenters. The summed E-state index contributed by atoms with van der Waals surface area (Å²) < 4.78 is 31.1. The fraction of sp³-hybridized carbons (Fsp3) is 0.160. The number of carboxylic acid groups (broad SMARTS) is 1. The van der Waals surface area contributed by atoms with Crippen molar-refractivity contribution < 1.29 is 18.3 Å². The first-order valence-electron chi connectivity index (χ1n) is 10.2. The van der Waals surface area contributed by atoms with Crippen LogP contribution >= 0.6 is 31.9 Å². The normalized spacial score (nSPS) is 19.2. The molecule has 0 saturated carbocycles. The molecule has 8 heteroatoms. The van der Waals surface area contributed by atoms with Gasteiger partial charge in [0.15, 0.2) is 0 Å². The van der Waals surface area contributed by atoms with Gasteiger partial charge in [0, 0.05) is 8.95 Å². The number of nitrogens with zero attached hydrogens (tertiary/aromatic N) is 1. The van der Waals surface area contributed by atoms with E-state index in [1.165, 1.54) is 4.31 Å². The van der Waals surface area contributed by atoms with Crippen LogP contribution in [0.25, 0.3) is 0 Å². The standard InChI is InChI=1S/C25H21Br2NO4S/c1-16-5-11-21(12-6-16)33(31,32)28-23(18-3-2-4-20(27)15-18)14-13-22(25(29)30)24(28)17-7-9-19(26)10-8-17/h2-13,15,23-24H,14H2,1H3,(H,29,30)/t23-,24-/m0/s1. The van der Waals surface area contributed by atoms with Gasteiger partial charge >= 0.3 is 5.97 Å². The van der Waals surface area contributed by atoms with Crippen LogP contribution in [0.3, 0.4) is 0 Å². The Labute approximate surface area is 210 Å².